The normalized spacial score (nSPS) is 13.3. The number of anilines is 1. The van der Waals surface area contributed by atoms with Crippen molar-refractivity contribution < 1.29 is 14.7 Å². The van der Waals surface area contributed by atoms with Crippen LogP contribution in [0, 0.1) is 0 Å². The highest BCUT2D eigenvalue weighted by Gasteiger charge is 2.27. The fourth-order valence-electron chi connectivity index (χ4n) is 1.93. The lowest BCUT2D eigenvalue weighted by Crippen LogP contribution is -2.27. The molecule has 0 bridgehead atoms. The molecule has 1 aliphatic rings. The topological polar surface area (TPSA) is 69.6 Å². The van der Waals surface area contributed by atoms with Gasteiger partial charge in [-0.2, -0.15) is 0 Å². The standard InChI is InChI=1S/C11H14N2O3S/c1-13(2)11(16)12-9-8(10(14)15)6-4-3-5-7(6)17-9/h3-5H2,1-2H3,(H,12,16)(H,14,15). The van der Waals surface area contributed by atoms with E-state index in [1.807, 2.05) is 0 Å². The zero-order chi connectivity index (χ0) is 12.6. The first-order valence-corrected chi connectivity index (χ1v) is 6.18. The number of carboxylic acids is 1. The summed E-state index contributed by atoms with van der Waals surface area (Å²) in [5, 5.41) is 12.3. The number of carbonyl (C=O) groups is 2. The van der Waals surface area contributed by atoms with Gasteiger partial charge in [-0.15, -0.1) is 11.3 Å². The van der Waals surface area contributed by atoms with Gasteiger partial charge in [0.1, 0.15) is 5.00 Å². The van der Waals surface area contributed by atoms with Gasteiger partial charge in [0.2, 0.25) is 0 Å². The van der Waals surface area contributed by atoms with E-state index in [4.69, 9.17) is 0 Å². The second kappa shape index (κ2) is 4.37. The summed E-state index contributed by atoms with van der Waals surface area (Å²) in [6.45, 7) is 0. The van der Waals surface area contributed by atoms with Crippen molar-refractivity contribution >= 4 is 28.3 Å². The average Bonchev–Trinajstić information content (AvgIpc) is 2.75. The number of rotatable bonds is 2. The van der Waals surface area contributed by atoms with E-state index in [0.29, 0.717) is 5.00 Å². The minimum absolute atomic E-state index is 0.276. The molecule has 6 heteroatoms. The van der Waals surface area contributed by atoms with E-state index in [1.54, 1.807) is 14.1 Å². The van der Waals surface area contributed by atoms with Gasteiger partial charge < -0.3 is 10.0 Å². The van der Waals surface area contributed by atoms with Gasteiger partial charge in [-0.3, -0.25) is 5.32 Å². The van der Waals surface area contributed by atoms with Gasteiger partial charge in [-0.1, -0.05) is 0 Å². The summed E-state index contributed by atoms with van der Waals surface area (Å²) in [6, 6.07) is -0.299. The van der Waals surface area contributed by atoms with E-state index in [0.717, 1.165) is 29.7 Å². The molecule has 0 atom stereocenters. The zero-order valence-corrected chi connectivity index (χ0v) is 10.6. The maximum atomic E-state index is 11.5. The Bertz CT molecular complexity index is 479. The molecule has 0 unspecified atom stereocenters. The van der Waals surface area contributed by atoms with Gasteiger partial charge in [0.05, 0.1) is 5.56 Å². The van der Waals surface area contributed by atoms with Crippen LogP contribution in [0.15, 0.2) is 0 Å². The summed E-state index contributed by atoms with van der Waals surface area (Å²) in [6.07, 6.45) is 2.72. The van der Waals surface area contributed by atoms with Gasteiger partial charge in [-0.25, -0.2) is 9.59 Å². The predicted molar refractivity (Wildman–Crippen MR) is 66.0 cm³/mol. The summed E-state index contributed by atoms with van der Waals surface area (Å²) in [5.74, 6) is -0.960. The number of hydrogen-bond donors (Lipinski definition) is 2. The molecule has 0 saturated heterocycles. The van der Waals surface area contributed by atoms with Crippen molar-refractivity contribution in [2.75, 3.05) is 19.4 Å². The molecular weight excluding hydrogens is 240 g/mol. The molecule has 2 rings (SSSR count). The second-order valence-corrected chi connectivity index (χ2v) is 5.30. The van der Waals surface area contributed by atoms with E-state index in [9.17, 15) is 14.7 Å². The minimum atomic E-state index is -0.960. The van der Waals surface area contributed by atoms with Crippen LogP contribution >= 0.6 is 11.3 Å². The molecule has 2 amide bonds. The quantitative estimate of drug-likeness (QED) is 0.848. The first kappa shape index (κ1) is 11.9. The number of carboxylic acid groups (broad SMARTS) is 1. The van der Waals surface area contributed by atoms with Crippen LogP contribution in [0.2, 0.25) is 0 Å². The first-order valence-electron chi connectivity index (χ1n) is 5.37. The smallest absolute Gasteiger partial charge is 0.339 e. The molecule has 1 aliphatic carbocycles. The third-order valence-corrected chi connectivity index (χ3v) is 3.97. The Morgan fingerprint density at radius 3 is 2.65 bits per heavy atom. The fraction of sp³-hybridized carbons (Fsp3) is 0.455. The van der Waals surface area contributed by atoms with E-state index in [2.05, 4.69) is 5.32 Å². The molecule has 0 fully saturated rings. The van der Waals surface area contributed by atoms with Gasteiger partial charge >= 0.3 is 12.0 Å². The highest BCUT2D eigenvalue weighted by atomic mass is 32.1. The van der Waals surface area contributed by atoms with Crippen LogP contribution in [-0.2, 0) is 12.8 Å². The molecule has 2 N–H and O–H groups in total. The predicted octanol–water partition coefficient (Wildman–Crippen LogP) is 2.03. The van der Waals surface area contributed by atoms with Crippen LogP contribution in [0.25, 0.3) is 0 Å². The fourth-order valence-corrected chi connectivity index (χ4v) is 3.20. The highest BCUT2D eigenvalue weighted by Crippen LogP contribution is 2.39. The third-order valence-electron chi connectivity index (χ3n) is 2.76. The summed E-state index contributed by atoms with van der Waals surface area (Å²) in [5.41, 5.74) is 1.18. The molecule has 92 valence electrons. The van der Waals surface area contributed by atoms with Crippen molar-refractivity contribution in [3.8, 4) is 0 Å². The summed E-state index contributed by atoms with van der Waals surface area (Å²) >= 11 is 1.38. The van der Waals surface area contributed by atoms with Crippen LogP contribution in [0.1, 0.15) is 27.2 Å². The van der Waals surface area contributed by atoms with Gasteiger partial charge in [-0.05, 0) is 24.8 Å². The molecule has 1 aromatic rings. The van der Waals surface area contributed by atoms with Gasteiger partial charge in [0.15, 0.2) is 0 Å². The van der Waals surface area contributed by atoms with E-state index < -0.39 is 5.97 Å². The molecule has 0 aromatic carbocycles. The average molecular weight is 254 g/mol. The van der Waals surface area contributed by atoms with Gasteiger partial charge in [0.25, 0.3) is 0 Å². The Kier molecular flexibility index (Phi) is 3.06. The molecule has 0 aliphatic heterocycles. The Balaban J connectivity index is 2.35. The number of nitrogens with one attached hydrogen (secondary N) is 1. The number of thiophene rings is 1. The Labute approximate surface area is 103 Å². The number of fused-ring (bicyclic) bond motifs is 1. The maximum absolute atomic E-state index is 11.5. The van der Waals surface area contributed by atoms with Crippen LogP contribution < -0.4 is 5.32 Å². The van der Waals surface area contributed by atoms with Crippen LogP contribution in [0.5, 0.6) is 0 Å². The van der Waals surface area contributed by atoms with Crippen LogP contribution in [0.4, 0.5) is 9.80 Å². The Morgan fingerprint density at radius 1 is 1.35 bits per heavy atom. The number of amides is 2. The van der Waals surface area contributed by atoms with Crippen molar-refractivity contribution in [1.29, 1.82) is 0 Å². The highest BCUT2D eigenvalue weighted by molar-refractivity contribution is 7.17. The molecule has 17 heavy (non-hydrogen) atoms. The second-order valence-electron chi connectivity index (χ2n) is 4.19. The Hall–Kier alpha value is -1.56. The van der Waals surface area contributed by atoms with Crippen molar-refractivity contribution in [2.45, 2.75) is 19.3 Å². The summed E-state index contributed by atoms with van der Waals surface area (Å²) in [7, 11) is 3.24. The van der Waals surface area contributed by atoms with Crippen molar-refractivity contribution in [3.05, 3.63) is 16.0 Å². The zero-order valence-electron chi connectivity index (χ0n) is 9.74. The minimum Gasteiger partial charge on any atom is -0.478 e. The van der Waals surface area contributed by atoms with E-state index >= 15 is 0 Å². The third kappa shape index (κ3) is 2.12. The van der Waals surface area contributed by atoms with Crippen LogP contribution in [-0.4, -0.2) is 36.1 Å². The van der Waals surface area contributed by atoms with Gasteiger partial charge in [0, 0.05) is 19.0 Å². The summed E-state index contributed by atoms with van der Waals surface area (Å²) < 4.78 is 0. The molecule has 0 spiro atoms. The SMILES string of the molecule is CN(C)C(=O)Nc1sc2c(c1C(=O)O)CCC2. The lowest BCUT2D eigenvalue weighted by Gasteiger charge is -2.11. The number of urea groups is 1. The van der Waals surface area contributed by atoms with Crippen molar-refractivity contribution in [1.82, 2.24) is 4.90 Å². The largest absolute Gasteiger partial charge is 0.478 e. The lowest BCUT2D eigenvalue weighted by atomic mass is 10.1. The summed E-state index contributed by atoms with van der Waals surface area (Å²) in [4.78, 5) is 25.3. The number of carbonyl (C=O) groups excluding carboxylic acids is 1. The molecule has 0 saturated carbocycles. The van der Waals surface area contributed by atoms with Crippen molar-refractivity contribution in [2.24, 2.45) is 0 Å². The van der Waals surface area contributed by atoms with E-state index in [-0.39, 0.29) is 11.6 Å². The number of aromatic carboxylic acids is 1. The van der Waals surface area contributed by atoms with Crippen molar-refractivity contribution in [3.63, 3.8) is 0 Å². The molecule has 1 heterocycles. The monoisotopic (exact) mass is 254 g/mol. The molecule has 5 nitrogen and oxygen atoms in total. The number of nitrogens with zero attached hydrogens (tertiary/aromatic N) is 1. The lowest BCUT2D eigenvalue weighted by molar-refractivity contribution is 0.0697. The van der Waals surface area contributed by atoms with Crippen LogP contribution in [0.3, 0.4) is 0 Å². The molecular formula is C11H14N2O3S. The maximum Gasteiger partial charge on any atom is 0.339 e. The number of aryl methyl sites for hydroxylation is 1. The molecule has 0 radical (unpaired) electrons. The first-order chi connectivity index (χ1) is 8.00. The number of hydrogen-bond acceptors (Lipinski definition) is 3. The Morgan fingerprint density at radius 2 is 2.06 bits per heavy atom. The van der Waals surface area contributed by atoms with E-state index in [1.165, 1.54) is 16.2 Å². The molecule has 1 aromatic heterocycles.